The molecule has 1 aromatic rings. The SMILES string of the molecule is O=C1C(Br)CCN1CCc1ccncc1. The van der Waals surface area contributed by atoms with Crippen molar-refractivity contribution in [2.45, 2.75) is 17.7 Å². The van der Waals surface area contributed by atoms with Gasteiger partial charge in [-0.1, -0.05) is 15.9 Å². The smallest absolute Gasteiger partial charge is 0.236 e. The highest BCUT2D eigenvalue weighted by Crippen LogP contribution is 2.18. The quantitative estimate of drug-likeness (QED) is 0.781. The van der Waals surface area contributed by atoms with Crippen LogP contribution in [-0.2, 0) is 11.2 Å². The van der Waals surface area contributed by atoms with Crippen LogP contribution in [0.3, 0.4) is 0 Å². The van der Waals surface area contributed by atoms with Gasteiger partial charge in [0.25, 0.3) is 0 Å². The van der Waals surface area contributed by atoms with Crippen LogP contribution >= 0.6 is 15.9 Å². The summed E-state index contributed by atoms with van der Waals surface area (Å²) >= 11 is 3.37. The van der Waals surface area contributed by atoms with Crippen LogP contribution < -0.4 is 0 Å². The molecule has 1 amide bonds. The Morgan fingerprint density at radius 2 is 2.20 bits per heavy atom. The zero-order chi connectivity index (χ0) is 10.7. The summed E-state index contributed by atoms with van der Waals surface area (Å²) in [6.07, 6.45) is 5.41. The van der Waals surface area contributed by atoms with Gasteiger partial charge >= 0.3 is 0 Å². The van der Waals surface area contributed by atoms with Crippen LogP contribution in [0.2, 0.25) is 0 Å². The predicted molar refractivity (Wildman–Crippen MR) is 61.9 cm³/mol. The zero-order valence-electron chi connectivity index (χ0n) is 8.40. The molecule has 2 heterocycles. The molecular weight excluding hydrogens is 256 g/mol. The van der Waals surface area contributed by atoms with Gasteiger partial charge in [-0.25, -0.2) is 0 Å². The first-order valence-electron chi connectivity index (χ1n) is 5.09. The molecule has 4 heteroatoms. The van der Waals surface area contributed by atoms with Gasteiger partial charge in [0.2, 0.25) is 5.91 Å². The second-order valence-electron chi connectivity index (χ2n) is 3.69. The molecule has 0 N–H and O–H groups in total. The van der Waals surface area contributed by atoms with Crippen LogP contribution in [-0.4, -0.2) is 33.7 Å². The molecule has 15 heavy (non-hydrogen) atoms. The number of hydrogen-bond acceptors (Lipinski definition) is 2. The molecule has 0 saturated carbocycles. The van der Waals surface area contributed by atoms with E-state index < -0.39 is 0 Å². The topological polar surface area (TPSA) is 33.2 Å². The third-order valence-electron chi connectivity index (χ3n) is 2.65. The summed E-state index contributed by atoms with van der Waals surface area (Å²) in [4.78, 5) is 17.5. The van der Waals surface area contributed by atoms with Gasteiger partial charge in [0, 0.05) is 25.5 Å². The van der Waals surface area contributed by atoms with E-state index in [1.165, 1.54) is 5.56 Å². The third-order valence-corrected chi connectivity index (χ3v) is 3.50. The van der Waals surface area contributed by atoms with Crippen molar-refractivity contribution >= 4 is 21.8 Å². The average Bonchev–Trinajstić information content (AvgIpc) is 2.59. The fourth-order valence-corrected chi connectivity index (χ4v) is 2.23. The largest absolute Gasteiger partial charge is 0.341 e. The van der Waals surface area contributed by atoms with E-state index in [2.05, 4.69) is 20.9 Å². The van der Waals surface area contributed by atoms with Crippen molar-refractivity contribution in [1.82, 2.24) is 9.88 Å². The number of carbonyl (C=O) groups excluding carboxylic acids is 1. The van der Waals surface area contributed by atoms with Crippen molar-refractivity contribution in [2.24, 2.45) is 0 Å². The monoisotopic (exact) mass is 268 g/mol. The molecule has 2 rings (SSSR count). The highest BCUT2D eigenvalue weighted by atomic mass is 79.9. The lowest BCUT2D eigenvalue weighted by Crippen LogP contribution is -2.29. The second kappa shape index (κ2) is 4.75. The fourth-order valence-electron chi connectivity index (χ4n) is 1.74. The Morgan fingerprint density at radius 3 is 2.80 bits per heavy atom. The maximum Gasteiger partial charge on any atom is 0.236 e. The first kappa shape index (κ1) is 10.6. The number of pyridine rings is 1. The van der Waals surface area contributed by atoms with E-state index in [-0.39, 0.29) is 10.7 Å². The number of amides is 1. The molecule has 1 aromatic heterocycles. The van der Waals surface area contributed by atoms with Crippen LogP contribution in [0.1, 0.15) is 12.0 Å². The van der Waals surface area contributed by atoms with Gasteiger partial charge in [0.15, 0.2) is 0 Å². The van der Waals surface area contributed by atoms with E-state index in [0.29, 0.717) is 0 Å². The van der Waals surface area contributed by atoms with Gasteiger partial charge in [-0.2, -0.15) is 0 Å². The van der Waals surface area contributed by atoms with E-state index in [0.717, 1.165) is 25.9 Å². The summed E-state index contributed by atoms with van der Waals surface area (Å²) in [5.41, 5.74) is 1.23. The lowest BCUT2D eigenvalue weighted by Gasteiger charge is -2.15. The highest BCUT2D eigenvalue weighted by molar-refractivity contribution is 9.10. The van der Waals surface area contributed by atoms with Crippen LogP contribution in [0.4, 0.5) is 0 Å². The van der Waals surface area contributed by atoms with Crippen molar-refractivity contribution in [1.29, 1.82) is 0 Å². The molecule has 1 saturated heterocycles. The van der Waals surface area contributed by atoms with Gasteiger partial charge in [-0.05, 0) is 30.5 Å². The lowest BCUT2D eigenvalue weighted by molar-refractivity contribution is -0.127. The number of rotatable bonds is 3. The molecule has 1 unspecified atom stereocenters. The Balaban J connectivity index is 1.87. The molecule has 0 bridgehead atoms. The van der Waals surface area contributed by atoms with Gasteiger partial charge < -0.3 is 4.90 Å². The molecule has 0 radical (unpaired) electrons. The van der Waals surface area contributed by atoms with Gasteiger partial charge in [-0.3, -0.25) is 9.78 Å². The van der Waals surface area contributed by atoms with Gasteiger partial charge in [0.05, 0.1) is 4.83 Å². The van der Waals surface area contributed by atoms with E-state index >= 15 is 0 Å². The van der Waals surface area contributed by atoms with E-state index in [1.54, 1.807) is 12.4 Å². The molecule has 1 aliphatic rings. The Bertz CT molecular complexity index is 342. The number of halogens is 1. The Hall–Kier alpha value is -0.900. The minimum atomic E-state index is 0.0370. The zero-order valence-corrected chi connectivity index (χ0v) is 9.98. The fraction of sp³-hybridized carbons (Fsp3) is 0.455. The van der Waals surface area contributed by atoms with Crippen molar-refractivity contribution in [3.8, 4) is 0 Å². The first-order chi connectivity index (χ1) is 7.27. The minimum absolute atomic E-state index is 0.0370. The molecule has 1 atom stereocenters. The number of nitrogens with zero attached hydrogens (tertiary/aromatic N) is 2. The number of aromatic nitrogens is 1. The minimum Gasteiger partial charge on any atom is -0.341 e. The van der Waals surface area contributed by atoms with Gasteiger partial charge in [0.1, 0.15) is 0 Å². The third kappa shape index (κ3) is 2.56. The summed E-state index contributed by atoms with van der Waals surface area (Å²) in [5, 5.41) is 0. The number of likely N-dealkylation sites (tertiary alicyclic amines) is 1. The standard InChI is InChI=1S/C11H13BrN2O/c12-10-4-8-14(11(10)15)7-3-9-1-5-13-6-2-9/h1-2,5-6,10H,3-4,7-8H2. The first-order valence-corrected chi connectivity index (χ1v) is 6.00. The molecule has 1 fully saturated rings. The Kier molecular flexibility index (Phi) is 3.36. The maximum atomic E-state index is 11.6. The predicted octanol–water partition coefficient (Wildman–Crippen LogP) is 1.62. The Morgan fingerprint density at radius 1 is 1.47 bits per heavy atom. The highest BCUT2D eigenvalue weighted by Gasteiger charge is 2.28. The average molecular weight is 269 g/mol. The molecule has 0 spiro atoms. The molecule has 3 nitrogen and oxygen atoms in total. The van der Waals surface area contributed by atoms with Crippen molar-refractivity contribution in [2.75, 3.05) is 13.1 Å². The number of alkyl halides is 1. The normalized spacial score (nSPS) is 21.0. The van der Waals surface area contributed by atoms with E-state index in [9.17, 15) is 4.79 Å². The number of carbonyl (C=O) groups is 1. The van der Waals surface area contributed by atoms with Crippen molar-refractivity contribution in [3.05, 3.63) is 30.1 Å². The van der Waals surface area contributed by atoms with E-state index in [4.69, 9.17) is 0 Å². The summed E-state index contributed by atoms with van der Waals surface area (Å²) < 4.78 is 0. The van der Waals surface area contributed by atoms with Crippen molar-refractivity contribution in [3.63, 3.8) is 0 Å². The van der Waals surface area contributed by atoms with Gasteiger partial charge in [-0.15, -0.1) is 0 Å². The van der Waals surface area contributed by atoms with Crippen LogP contribution in [0, 0.1) is 0 Å². The summed E-state index contributed by atoms with van der Waals surface area (Å²) in [6, 6.07) is 3.98. The lowest BCUT2D eigenvalue weighted by atomic mass is 10.2. The summed E-state index contributed by atoms with van der Waals surface area (Å²) in [7, 11) is 0. The maximum absolute atomic E-state index is 11.6. The summed E-state index contributed by atoms with van der Waals surface area (Å²) in [6.45, 7) is 1.69. The molecule has 0 aromatic carbocycles. The van der Waals surface area contributed by atoms with Crippen molar-refractivity contribution < 1.29 is 4.79 Å². The number of hydrogen-bond donors (Lipinski definition) is 0. The summed E-state index contributed by atoms with van der Waals surface area (Å²) in [5.74, 6) is 0.226. The Labute approximate surface area is 97.6 Å². The van der Waals surface area contributed by atoms with E-state index in [1.807, 2.05) is 17.0 Å². The second-order valence-corrected chi connectivity index (χ2v) is 4.79. The molecule has 0 aliphatic carbocycles. The molecular formula is C11H13BrN2O. The van der Waals surface area contributed by atoms with Crippen LogP contribution in [0.15, 0.2) is 24.5 Å². The van der Waals surface area contributed by atoms with Crippen LogP contribution in [0.5, 0.6) is 0 Å². The molecule has 1 aliphatic heterocycles. The van der Waals surface area contributed by atoms with Crippen LogP contribution in [0.25, 0.3) is 0 Å². The molecule has 80 valence electrons.